The highest BCUT2D eigenvalue weighted by Crippen LogP contribution is 2.31. The molecule has 0 radical (unpaired) electrons. The Hall–Kier alpha value is -2.05. The highest BCUT2D eigenvalue weighted by Gasteiger charge is 2.30. The van der Waals surface area contributed by atoms with Crippen molar-refractivity contribution in [2.24, 2.45) is 0 Å². The summed E-state index contributed by atoms with van der Waals surface area (Å²) in [6.45, 7) is -0.266. The maximum atomic E-state index is 12.3. The van der Waals surface area contributed by atoms with Crippen molar-refractivity contribution in [3.8, 4) is 5.75 Å². The first-order valence-electron chi connectivity index (χ1n) is 4.50. The van der Waals surface area contributed by atoms with Crippen LogP contribution in [0.15, 0.2) is 24.3 Å². The van der Waals surface area contributed by atoms with Gasteiger partial charge >= 0.3 is 12.3 Å². The van der Waals surface area contributed by atoms with Crippen LogP contribution in [0.2, 0.25) is 0 Å². The molecule has 0 aliphatic rings. The summed E-state index contributed by atoms with van der Waals surface area (Å²) >= 11 is 0. The minimum Gasteiger partial charge on any atom is -0.410 e. The van der Waals surface area contributed by atoms with Gasteiger partial charge in [0.1, 0.15) is 12.0 Å². The van der Waals surface area contributed by atoms with Crippen LogP contribution in [0.4, 0.5) is 18.0 Å². The number of alkyl halides is 3. The van der Waals surface area contributed by atoms with E-state index in [9.17, 15) is 22.8 Å². The average Bonchev–Trinajstić information content (AvgIpc) is 2.25. The van der Waals surface area contributed by atoms with Gasteiger partial charge in [0, 0.05) is 0 Å². The Bertz CT molecular complexity index is 418. The summed E-state index contributed by atoms with van der Waals surface area (Å²) in [4.78, 5) is 20.9. The van der Waals surface area contributed by atoms with E-state index in [1.54, 1.807) is 0 Å². The fourth-order valence-electron chi connectivity index (χ4n) is 1.00. The number of carbonyl (C=O) groups excluding carboxylic acids is 2. The fourth-order valence-corrected chi connectivity index (χ4v) is 1.00. The van der Waals surface area contributed by atoms with E-state index in [0.717, 1.165) is 12.1 Å². The first-order valence-corrected chi connectivity index (χ1v) is 4.50. The molecule has 0 heterocycles. The van der Waals surface area contributed by atoms with Gasteiger partial charge in [0.25, 0.3) is 0 Å². The average molecular weight is 247 g/mol. The van der Waals surface area contributed by atoms with E-state index < -0.39 is 17.8 Å². The van der Waals surface area contributed by atoms with E-state index in [1.807, 2.05) is 5.32 Å². The maximum Gasteiger partial charge on any atom is 0.416 e. The van der Waals surface area contributed by atoms with Gasteiger partial charge in [-0.3, -0.25) is 0 Å². The summed E-state index contributed by atoms with van der Waals surface area (Å²) in [7, 11) is 0. The molecule has 4 nitrogen and oxygen atoms in total. The van der Waals surface area contributed by atoms with Crippen LogP contribution in [-0.4, -0.2) is 18.9 Å². The molecule has 1 aromatic rings. The Balaban J connectivity index is 2.72. The Labute approximate surface area is 94.4 Å². The maximum absolute atomic E-state index is 12.3. The minimum atomic E-state index is -4.50. The van der Waals surface area contributed by atoms with E-state index in [-0.39, 0.29) is 12.3 Å². The van der Waals surface area contributed by atoms with Crippen molar-refractivity contribution in [3.63, 3.8) is 0 Å². The van der Waals surface area contributed by atoms with Crippen LogP contribution in [0, 0.1) is 0 Å². The lowest BCUT2D eigenvalue weighted by Gasteiger charge is -2.08. The normalized spacial score (nSPS) is 10.8. The van der Waals surface area contributed by atoms with Gasteiger partial charge in [-0.05, 0) is 18.2 Å². The van der Waals surface area contributed by atoms with Crippen LogP contribution in [0.25, 0.3) is 0 Å². The monoisotopic (exact) mass is 247 g/mol. The molecule has 17 heavy (non-hydrogen) atoms. The van der Waals surface area contributed by atoms with Crippen molar-refractivity contribution in [1.29, 1.82) is 0 Å². The van der Waals surface area contributed by atoms with Crippen LogP contribution in [0.5, 0.6) is 5.75 Å². The van der Waals surface area contributed by atoms with Crippen molar-refractivity contribution < 1.29 is 27.5 Å². The Morgan fingerprint density at radius 2 is 2.12 bits per heavy atom. The molecule has 0 aliphatic heterocycles. The van der Waals surface area contributed by atoms with Crippen molar-refractivity contribution in [2.45, 2.75) is 6.18 Å². The quantitative estimate of drug-likeness (QED) is 0.831. The van der Waals surface area contributed by atoms with Crippen molar-refractivity contribution >= 4 is 12.4 Å². The zero-order chi connectivity index (χ0) is 12.9. The van der Waals surface area contributed by atoms with E-state index in [4.69, 9.17) is 0 Å². The van der Waals surface area contributed by atoms with Crippen LogP contribution >= 0.6 is 0 Å². The molecule has 0 saturated heterocycles. The molecular formula is C10H8F3NO3. The topological polar surface area (TPSA) is 55.4 Å². The number of carbonyl (C=O) groups is 2. The number of hydrogen-bond donors (Lipinski definition) is 1. The molecule has 0 aromatic heterocycles. The zero-order valence-corrected chi connectivity index (χ0v) is 8.45. The molecule has 1 aromatic carbocycles. The van der Waals surface area contributed by atoms with Gasteiger partial charge in [0.05, 0.1) is 12.1 Å². The Morgan fingerprint density at radius 1 is 1.41 bits per heavy atom. The number of hydrogen-bond acceptors (Lipinski definition) is 3. The number of ether oxygens (including phenoxy) is 1. The van der Waals surface area contributed by atoms with Gasteiger partial charge in [-0.15, -0.1) is 0 Å². The molecule has 1 amide bonds. The van der Waals surface area contributed by atoms with E-state index in [2.05, 4.69) is 4.74 Å². The molecule has 0 unspecified atom stereocenters. The highest BCUT2D eigenvalue weighted by molar-refractivity contribution is 5.73. The predicted octanol–water partition coefficient (Wildman–Crippen LogP) is 1.99. The number of aldehydes is 1. The van der Waals surface area contributed by atoms with Crippen molar-refractivity contribution in [3.05, 3.63) is 29.8 Å². The lowest BCUT2D eigenvalue weighted by molar-refractivity contribution is -0.137. The zero-order valence-electron chi connectivity index (χ0n) is 8.45. The largest absolute Gasteiger partial charge is 0.416 e. The molecule has 92 valence electrons. The first kappa shape index (κ1) is 13.0. The first-order chi connectivity index (χ1) is 7.93. The van der Waals surface area contributed by atoms with E-state index in [1.165, 1.54) is 6.07 Å². The summed E-state index contributed by atoms with van der Waals surface area (Å²) in [5.74, 6) is -0.247. The molecule has 0 atom stereocenters. The van der Waals surface area contributed by atoms with Crippen molar-refractivity contribution in [2.75, 3.05) is 6.54 Å². The number of amides is 1. The van der Waals surface area contributed by atoms with Gasteiger partial charge in [-0.25, -0.2) is 4.79 Å². The third-order valence-electron chi connectivity index (χ3n) is 1.70. The molecule has 0 spiro atoms. The van der Waals surface area contributed by atoms with Gasteiger partial charge in [-0.2, -0.15) is 13.2 Å². The van der Waals surface area contributed by atoms with Gasteiger partial charge < -0.3 is 14.8 Å². The number of rotatable bonds is 3. The second-order valence-corrected chi connectivity index (χ2v) is 2.96. The molecular weight excluding hydrogens is 239 g/mol. The second kappa shape index (κ2) is 5.33. The van der Waals surface area contributed by atoms with Crippen LogP contribution in [0.3, 0.4) is 0 Å². The summed E-state index contributed by atoms with van der Waals surface area (Å²) in [6, 6.07) is 3.87. The van der Waals surface area contributed by atoms with Gasteiger partial charge in [-0.1, -0.05) is 6.07 Å². The summed E-state index contributed by atoms with van der Waals surface area (Å²) in [5, 5.41) is 2.03. The number of halogens is 3. The third-order valence-corrected chi connectivity index (χ3v) is 1.70. The number of benzene rings is 1. The molecule has 0 saturated carbocycles. The van der Waals surface area contributed by atoms with Gasteiger partial charge in [0.2, 0.25) is 0 Å². The fraction of sp³-hybridized carbons (Fsp3) is 0.200. The van der Waals surface area contributed by atoms with Crippen molar-refractivity contribution in [1.82, 2.24) is 5.32 Å². The Kier molecular flexibility index (Phi) is 4.08. The molecule has 0 fully saturated rings. The van der Waals surface area contributed by atoms with Crippen LogP contribution in [-0.2, 0) is 11.0 Å². The third kappa shape index (κ3) is 4.13. The second-order valence-electron chi connectivity index (χ2n) is 2.96. The SMILES string of the molecule is O=CCNC(=O)Oc1cccc(C(F)(F)F)c1. The van der Waals surface area contributed by atoms with Crippen LogP contribution < -0.4 is 10.1 Å². The summed E-state index contributed by atoms with van der Waals surface area (Å²) in [6.07, 6.45) is -5.07. The summed E-state index contributed by atoms with van der Waals surface area (Å²) in [5.41, 5.74) is -0.918. The molecule has 7 heteroatoms. The number of nitrogens with one attached hydrogen (secondary N) is 1. The molecule has 1 N–H and O–H groups in total. The standard InChI is InChI=1S/C10H8F3NO3/c11-10(12,13)7-2-1-3-8(6-7)17-9(16)14-4-5-15/h1-3,5-6H,4H2,(H,14,16). The lowest BCUT2D eigenvalue weighted by Crippen LogP contribution is -2.28. The lowest BCUT2D eigenvalue weighted by atomic mass is 10.2. The molecule has 0 bridgehead atoms. The smallest absolute Gasteiger partial charge is 0.410 e. The molecule has 0 aliphatic carbocycles. The predicted molar refractivity (Wildman–Crippen MR) is 51.5 cm³/mol. The highest BCUT2D eigenvalue weighted by atomic mass is 19.4. The van der Waals surface area contributed by atoms with Gasteiger partial charge in [0.15, 0.2) is 0 Å². The molecule has 1 rings (SSSR count). The Morgan fingerprint density at radius 3 is 2.71 bits per heavy atom. The van der Waals surface area contributed by atoms with E-state index in [0.29, 0.717) is 12.4 Å². The summed E-state index contributed by atoms with van der Waals surface area (Å²) < 4.78 is 41.5. The van der Waals surface area contributed by atoms with Crippen LogP contribution in [0.1, 0.15) is 5.56 Å². The van der Waals surface area contributed by atoms with E-state index >= 15 is 0 Å². The minimum absolute atomic E-state index is 0.247.